The highest BCUT2D eigenvalue weighted by Gasteiger charge is 2.13. The lowest BCUT2D eigenvalue weighted by atomic mass is 10.2. The van der Waals surface area contributed by atoms with Crippen LogP contribution in [0.4, 0.5) is 8.78 Å². The van der Waals surface area contributed by atoms with Gasteiger partial charge in [0.2, 0.25) is 0 Å². The number of pyridine rings is 1. The van der Waals surface area contributed by atoms with E-state index in [1.807, 2.05) is 25.1 Å². The number of nitrogens with zero attached hydrogens (tertiary/aromatic N) is 4. The van der Waals surface area contributed by atoms with E-state index in [1.165, 1.54) is 22.2 Å². The van der Waals surface area contributed by atoms with Gasteiger partial charge in [0.25, 0.3) is 11.6 Å². The molecule has 0 bridgehead atoms. The summed E-state index contributed by atoms with van der Waals surface area (Å²) in [6, 6.07) is 7.25. The second-order valence-corrected chi connectivity index (χ2v) is 7.21. The van der Waals surface area contributed by atoms with Gasteiger partial charge in [-0.05, 0) is 31.2 Å². The van der Waals surface area contributed by atoms with Crippen LogP contribution < -0.4 is 17.0 Å². The third-order valence-corrected chi connectivity index (χ3v) is 5.37. The van der Waals surface area contributed by atoms with Gasteiger partial charge < -0.3 is 10.3 Å². The van der Waals surface area contributed by atoms with Gasteiger partial charge in [0, 0.05) is 34.6 Å². The third kappa shape index (κ3) is 4.02. The van der Waals surface area contributed by atoms with E-state index >= 15 is 0 Å². The van der Waals surface area contributed by atoms with E-state index in [-0.39, 0.29) is 30.8 Å². The predicted molar refractivity (Wildman–Crippen MR) is 104 cm³/mol. The highest BCUT2D eigenvalue weighted by Crippen LogP contribution is 2.26. The van der Waals surface area contributed by atoms with E-state index in [0.717, 1.165) is 14.4 Å². The van der Waals surface area contributed by atoms with Crippen molar-refractivity contribution >= 4 is 11.3 Å². The summed E-state index contributed by atoms with van der Waals surface area (Å²) in [6.07, 6.45) is 1.14. The summed E-state index contributed by atoms with van der Waals surface area (Å²) in [5.41, 5.74) is 4.97. The molecule has 0 spiro atoms. The molecule has 148 valence electrons. The number of hydrogen-bond acceptors (Lipinski definition) is 5. The SMILES string of the molecule is CCn1cccc(-c2ccc(Cn3cnn(CC(CN)=C(F)F)c3=O)s2)c1=O. The van der Waals surface area contributed by atoms with Crippen molar-refractivity contribution in [2.75, 3.05) is 6.54 Å². The van der Waals surface area contributed by atoms with Crippen LogP contribution in [-0.4, -0.2) is 25.5 Å². The van der Waals surface area contributed by atoms with Crippen molar-refractivity contribution in [3.8, 4) is 10.4 Å². The van der Waals surface area contributed by atoms with Crippen LogP contribution in [0.1, 0.15) is 11.8 Å². The number of aryl methyl sites for hydroxylation is 1. The second-order valence-electron chi connectivity index (χ2n) is 6.05. The summed E-state index contributed by atoms with van der Waals surface area (Å²) < 4.78 is 29.4. The molecule has 28 heavy (non-hydrogen) atoms. The summed E-state index contributed by atoms with van der Waals surface area (Å²) in [7, 11) is 0. The molecule has 0 unspecified atom stereocenters. The Bertz CT molecular complexity index is 1120. The van der Waals surface area contributed by atoms with Crippen molar-refractivity contribution in [2.24, 2.45) is 5.73 Å². The molecule has 0 aliphatic heterocycles. The van der Waals surface area contributed by atoms with E-state index in [0.29, 0.717) is 12.1 Å². The zero-order valence-electron chi connectivity index (χ0n) is 15.1. The highest BCUT2D eigenvalue weighted by molar-refractivity contribution is 7.15. The summed E-state index contributed by atoms with van der Waals surface area (Å²) in [5.74, 6) is 0. The number of halogens is 2. The van der Waals surface area contributed by atoms with Crippen molar-refractivity contribution in [3.05, 3.63) is 74.2 Å². The summed E-state index contributed by atoms with van der Waals surface area (Å²) in [6.45, 7) is 2.02. The van der Waals surface area contributed by atoms with Gasteiger partial charge in [-0.3, -0.25) is 9.36 Å². The molecule has 0 radical (unpaired) electrons. The van der Waals surface area contributed by atoms with Gasteiger partial charge in [0.1, 0.15) is 6.33 Å². The van der Waals surface area contributed by atoms with Crippen LogP contribution >= 0.6 is 11.3 Å². The Morgan fingerprint density at radius 2 is 2.00 bits per heavy atom. The largest absolute Gasteiger partial charge is 0.346 e. The zero-order valence-corrected chi connectivity index (χ0v) is 16.0. The number of hydrogen-bond donors (Lipinski definition) is 1. The molecule has 0 aromatic carbocycles. The van der Waals surface area contributed by atoms with Crippen LogP contribution in [-0.2, 0) is 19.6 Å². The lowest BCUT2D eigenvalue weighted by Gasteiger charge is -2.03. The van der Waals surface area contributed by atoms with Crippen LogP contribution in [0.5, 0.6) is 0 Å². The van der Waals surface area contributed by atoms with E-state index in [9.17, 15) is 18.4 Å². The van der Waals surface area contributed by atoms with E-state index in [1.54, 1.807) is 16.8 Å². The van der Waals surface area contributed by atoms with Crippen LogP contribution in [0.2, 0.25) is 0 Å². The van der Waals surface area contributed by atoms with Crippen LogP contribution in [0.25, 0.3) is 10.4 Å². The van der Waals surface area contributed by atoms with Crippen LogP contribution in [0.3, 0.4) is 0 Å². The molecule has 0 aliphatic rings. The standard InChI is InChI=1S/C18H19F2N5O2S/c1-2-23-7-3-4-14(17(23)26)15-6-5-13(28-15)10-24-11-22-25(18(24)27)9-12(8-21)16(19)20/h3-7,11H,2,8-10,21H2,1H3. The van der Waals surface area contributed by atoms with Crippen molar-refractivity contribution < 1.29 is 8.78 Å². The van der Waals surface area contributed by atoms with Gasteiger partial charge in [0.05, 0.1) is 18.7 Å². The Kier molecular flexibility index (Phi) is 6.00. The molecule has 3 heterocycles. The molecule has 7 nitrogen and oxygen atoms in total. The van der Waals surface area contributed by atoms with Crippen LogP contribution in [0.15, 0.2) is 58.0 Å². The Balaban J connectivity index is 1.83. The fourth-order valence-electron chi connectivity index (χ4n) is 2.72. The quantitative estimate of drug-likeness (QED) is 0.650. The third-order valence-electron chi connectivity index (χ3n) is 4.27. The van der Waals surface area contributed by atoms with Gasteiger partial charge in [-0.25, -0.2) is 9.48 Å². The zero-order chi connectivity index (χ0) is 20.3. The van der Waals surface area contributed by atoms with Crippen molar-refractivity contribution in [2.45, 2.75) is 26.6 Å². The molecule has 0 aliphatic carbocycles. The van der Waals surface area contributed by atoms with Gasteiger partial charge in [-0.15, -0.1) is 11.3 Å². The topological polar surface area (TPSA) is 87.8 Å². The van der Waals surface area contributed by atoms with Gasteiger partial charge in [-0.1, -0.05) is 0 Å². The smallest absolute Gasteiger partial charge is 0.327 e. The predicted octanol–water partition coefficient (Wildman–Crippen LogP) is 2.11. The Morgan fingerprint density at radius 1 is 1.21 bits per heavy atom. The average Bonchev–Trinajstić information content (AvgIpc) is 3.27. The number of aromatic nitrogens is 4. The Labute approximate surface area is 163 Å². The summed E-state index contributed by atoms with van der Waals surface area (Å²) >= 11 is 1.40. The first-order chi connectivity index (χ1) is 13.4. The molecule has 0 saturated heterocycles. The monoisotopic (exact) mass is 407 g/mol. The number of thiophene rings is 1. The maximum absolute atomic E-state index is 12.7. The summed E-state index contributed by atoms with van der Waals surface area (Å²) in [4.78, 5) is 26.4. The number of nitrogens with two attached hydrogens (primary N) is 1. The molecule has 2 N–H and O–H groups in total. The van der Waals surface area contributed by atoms with E-state index < -0.39 is 11.8 Å². The molecule has 10 heteroatoms. The molecular formula is C18H19F2N5O2S. The fourth-order valence-corrected chi connectivity index (χ4v) is 3.74. The lowest BCUT2D eigenvalue weighted by molar-refractivity contribution is 0.400. The minimum Gasteiger partial charge on any atom is -0.327 e. The fraction of sp³-hybridized carbons (Fsp3) is 0.278. The minimum absolute atomic E-state index is 0.0715. The first kappa shape index (κ1) is 19.9. The molecule has 0 amide bonds. The maximum Gasteiger partial charge on any atom is 0.346 e. The lowest BCUT2D eigenvalue weighted by Crippen LogP contribution is -2.27. The molecular weight excluding hydrogens is 388 g/mol. The molecule has 0 saturated carbocycles. The normalized spacial score (nSPS) is 11.0. The van der Waals surface area contributed by atoms with Gasteiger partial charge >= 0.3 is 5.69 Å². The van der Waals surface area contributed by atoms with E-state index in [2.05, 4.69) is 5.10 Å². The molecule has 0 atom stereocenters. The van der Waals surface area contributed by atoms with Gasteiger partial charge in [-0.2, -0.15) is 13.9 Å². The molecule has 0 fully saturated rings. The Hall–Kier alpha value is -2.85. The van der Waals surface area contributed by atoms with Crippen LogP contribution in [0, 0.1) is 0 Å². The molecule has 3 aromatic heterocycles. The van der Waals surface area contributed by atoms with Gasteiger partial charge in [0.15, 0.2) is 0 Å². The second kappa shape index (κ2) is 8.44. The average molecular weight is 407 g/mol. The van der Waals surface area contributed by atoms with Crippen molar-refractivity contribution in [3.63, 3.8) is 0 Å². The van der Waals surface area contributed by atoms with E-state index in [4.69, 9.17) is 5.73 Å². The molecule has 3 rings (SSSR count). The van der Waals surface area contributed by atoms with Crippen molar-refractivity contribution in [1.29, 1.82) is 0 Å². The molecule has 3 aromatic rings. The Morgan fingerprint density at radius 3 is 2.68 bits per heavy atom. The maximum atomic E-state index is 12.7. The highest BCUT2D eigenvalue weighted by atomic mass is 32.1. The first-order valence-electron chi connectivity index (χ1n) is 8.58. The summed E-state index contributed by atoms with van der Waals surface area (Å²) in [5, 5.41) is 3.88. The first-order valence-corrected chi connectivity index (χ1v) is 9.40. The minimum atomic E-state index is -1.90. The number of rotatable bonds is 7. The van der Waals surface area contributed by atoms with Crippen molar-refractivity contribution in [1.82, 2.24) is 18.9 Å².